The monoisotopic (exact) mass is 395 g/mol. The minimum absolute atomic E-state index is 0.0632. The average Bonchev–Trinajstić information content (AvgIpc) is 3.27. The largest absolute Gasteiger partial charge is 0.342 e. The average molecular weight is 395 g/mol. The first kappa shape index (κ1) is 18.5. The molecule has 1 saturated heterocycles. The number of hydrogen-bond acceptors (Lipinski definition) is 5. The number of nitrogens with zero attached hydrogens (tertiary/aromatic N) is 4. The van der Waals surface area contributed by atoms with Gasteiger partial charge in [0.15, 0.2) is 0 Å². The number of alkyl halides is 1. The molecular formula is C22H26FN5O. The number of benzene rings is 1. The van der Waals surface area contributed by atoms with E-state index in [9.17, 15) is 9.18 Å². The highest BCUT2D eigenvalue weighted by Gasteiger charge is 2.47. The van der Waals surface area contributed by atoms with Gasteiger partial charge in [0.1, 0.15) is 6.17 Å². The molecule has 29 heavy (non-hydrogen) atoms. The van der Waals surface area contributed by atoms with Gasteiger partial charge in [0.2, 0.25) is 5.95 Å². The lowest BCUT2D eigenvalue weighted by Gasteiger charge is -2.42. The summed E-state index contributed by atoms with van der Waals surface area (Å²) in [5.74, 6) is 0.677. The number of nitrogens with two attached hydrogens (primary N) is 1. The van der Waals surface area contributed by atoms with Crippen LogP contribution in [0, 0.1) is 5.41 Å². The van der Waals surface area contributed by atoms with Gasteiger partial charge >= 0.3 is 0 Å². The Morgan fingerprint density at radius 1 is 1.21 bits per heavy atom. The van der Waals surface area contributed by atoms with Crippen LogP contribution in [0.1, 0.15) is 42.5 Å². The van der Waals surface area contributed by atoms with Gasteiger partial charge in [0.05, 0.1) is 23.5 Å². The molecule has 2 aromatic rings. The summed E-state index contributed by atoms with van der Waals surface area (Å²) in [4.78, 5) is 24.8. The third kappa shape index (κ3) is 2.90. The molecule has 0 amide bonds. The molecule has 1 aromatic heterocycles. The zero-order valence-electron chi connectivity index (χ0n) is 16.6. The summed E-state index contributed by atoms with van der Waals surface area (Å²) in [6.07, 6.45) is 1.93. The van der Waals surface area contributed by atoms with E-state index in [-0.39, 0.29) is 17.0 Å². The number of aromatic nitrogens is 2. The second-order valence-electron chi connectivity index (χ2n) is 8.62. The van der Waals surface area contributed by atoms with Gasteiger partial charge in [-0.05, 0) is 31.1 Å². The van der Waals surface area contributed by atoms with Crippen molar-refractivity contribution < 1.29 is 4.39 Å². The van der Waals surface area contributed by atoms with Gasteiger partial charge in [0.25, 0.3) is 5.56 Å². The number of hydrogen-bond donors (Lipinski definition) is 1. The van der Waals surface area contributed by atoms with Crippen molar-refractivity contribution in [2.75, 3.05) is 18.0 Å². The maximum absolute atomic E-state index is 13.9. The number of halogens is 1. The summed E-state index contributed by atoms with van der Waals surface area (Å²) in [5.41, 5.74) is 9.12. The van der Waals surface area contributed by atoms with E-state index < -0.39 is 6.17 Å². The van der Waals surface area contributed by atoms with Crippen LogP contribution in [0.2, 0.25) is 0 Å². The minimum Gasteiger partial charge on any atom is -0.342 e. The summed E-state index contributed by atoms with van der Waals surface area (Å²) in [7, 11) is 1.77. The van der Waals surface area contributed by atoms with Crippen molar-refractivity contribution in [1.82, 2.24) is 9.55 Å². The van der Waals surface area contributed by atoms with Gasteiger partial charge in [0, 0.05) is 31.7 Å². The zero-order chi connectivity index (χ0) is 20.2. The molecule has 6 nitrogen and oxygen atoms in total. The third-order valence-corrected chi connectivity index (χ3v) is 6.98. The van der Waals surface area contributed by atoms with Gasteiger partial charge in [-0.3, -0.25) is 14.4 Å². The topological polar surface area (TPSA) is 76.5 Å². The first-order valence-electron chi connectivity index (χ1n) is 10.3. The van der Waals surface area contributed by atoms with Gasteiger partial charge < -0.3 is 10.6 Å². The van der Waals surface area contributed by atoms with Crippen LogP contribution in [0.25, 0.3) is 0 Å². The fourth-order valence-corrected chi connectivity index (χ4v) is 5.26. The summed E-state index contributed by atoms with van der Waals surface area (Å²) in [6.45, 7) is 1.91. The number of anilines is 1. The van der Waals surface area contributed by atoms with Crippen molar-refractivity contribution in [2.45, 2.75) is 44.4 Å². The number of rotatable bonds is 2. The van der Waals surface area contributed by atoms with Gasteiger partial charge in [-0.1, -0.05) is 30.3 Å². The molecule has 7 heteroatoms. The molecule has 152 valence electrons. The van der Waals surface area contributed by atoms with E-state index in [2.05, 4.69) is 9.89 Å². The molecule has 0 unspecified atom stereocenters. The number of aliphatic imine (C=N–C) groups is 1. The van der Waals surface area contributed by atoms with Crippen molar-refractivity contribution >= 4 is 11.7 Å². The minimum atomic E-state index is -0.785. The van der Waals surface area contributed by atoms with E-state index in [1.807, 2.05) is 30.3 Å². The van der Waals surface area contributed by atoms with Crippen LogP contribution < -0.4 is 16.2 Å². The molecule has 2 aliphatic heterocycles. The Morgan fingerprint density at radius 2 is 1.93 bits per heavy atom. The highest BCUT2D eigenvalue weighted by atomic mass is 19.1. The van der Waals surface area contributed by atoms with E-state index in [1.165, 1.54) is 0 Å². The smallest absolute Gasteiger partial charge is 0.264 e. The van der Waals surface area contributed by atoms with Crippen LogP contribution in [0.15, 0.2) is 40.1 Å². The molecule has 2 N–H and O–H groups in total. The van der Waals surface area contributed by atoms with E-state index in [0.29, 0.717) is 30.9 Å². The highest BCUT2D eigenvalue weighted by molar-refractivity contribution is 6.14. The van der Waals surface area contributed by atoms with E-state index >= 15 is 0 Å². The van der Waals surface area contributed by atoms with Crippen LogP contribution in [-0.2, 0) is 13.6 Å². The molecule has 2 atom stereocenters. The van der Waals surface area contributed by atoms with Crippen molar-refractivity contribution in [3.8, 4) is 0 Å². The Balaban J connectivity index is 1.43. The molecule has 5 rings (SSSR count). The Kier molecular flexibility index (Phi) is 4.31. The fraction of sp³-hybridized carbons (Fsp3) is 0.500. The number of piperidine rings is 1. The predicted molar refractivity (Wildman–Crippen MR) is 111 cm³/mol. The molecule has 3 heterocycles. The van der Waals surface area contributed by atoms with E-state index in [4.69, 9.17) is 10.7 Å². The maximum atomic E-state index is 13.9. The molecular weight excluding hydrogens is 369 g/mol. The zero-order valence-corrected chi connectivity index (χ0v) is 16.6. The van der Waals surface area contributed by atoms with E-state index in [0.717, 1.165) is 42.9 Å². The molecule has 0 bridgehead atoms. The molecule has 1 aromatic carbocycles. The predicted octanol–water partition coefficient (Wildman–Crippen LogP) is 2.18. The summed E-state index contributed by atoms with van der Waals surface area (Å²) in [6, 6.07) is 9.70. The van der Waals surface area contributed by atoms with Crippen LogP contribution in [0.3, 0.4) is 0 Å². The van der Waals surface area contributed by atoms with Crippen molar-refractivity contribution in [3.05, 3.63) is 57.5 Å². The van der Waals surface area contributed by atoms with Crippen LogP contribution in [0.5, 0.6) is 0 Å². The first-order chi connectivity index (χ1) is 14.0. The fourth-order valence-electron chi connectivity index (χ4n) is 5.26. The molecule has 1 spiro atoms. The lowest BCUT2D eigenvalue weighted by molar-refractivity contribution is 0.183. The van der Waals surface area contributed by atoms with Gasteiger partial charge in [-0.25, -0.2) is 9.37 Å². The van der Waals surface area contributed by atoms with Crippen LogP contribution in [-0.4, -0.2) is 40.6 Å². The summed E-state index contributed by atoms with van der Waals surface area (Å²) in [5, 5.41) is 0. The van der Waals surface area contributed by atoms with Gasteiger partial charge in [-0.15, -0.1) is 0 Å². The van der Waals surface area contributed by atoms with Crippen molar-refractivity contribution in [3.63, 3.8) is 0 Å². The summed E-state index contributed by atoms with van der Waals surface area (Å²) < 4.78 is 15.5. The normalized spacial score (nSPS) is 25.3. The SMILES string of the molecule is Cn1c(N2CCC3(CC2)C[C@H](F)C[C@H]3N)nc2c(c1=O)C(c1ccccc1)=NC2. The van der Waals surface area contributed by atoms with Crippen molar-refractivity contribution in [1.29, 1.82) is 0 Å². The second kappa shape index (κ2) is 6.76. The quantitative estimate of drug-likeness (QED) is 0.846. The summed E-state index contributed by atoms with van der Waals surface area (Å²) >= 11 is 0. The molecule has 0 radical (unpaired) electrons. The molecule has 2 fully saturated rings. The molecule has 3 aliphatic rings. The Morgan fingerprint density at radius 3 is 2.59 bits per heavy atom. The molecule has 1 saturated carbocycles. The van der Waals surface area contributed by atoms with Gasteiger partial charge in [-0.2, -0.15) is 0 Å². The number of fused-ring (bicyclic) bond motifs is 1. The van der Waals surface area contributed by atoms with Crippen LogP contribution in [0.4, 0.5) is 10.3 Å². The lowest BCUT2D eigenvalue weighted by atomic mass is 9.74. The first-order valence-corrected chi connectivity index (χ1v) is 10.3. The van der Waals surface area contributed by atoms with Crippen LogP contribution >= 0.6 is 0 Å². The second-order valence-corrected chi connectivity index (χ2v) is 8.62. The highest BCUT2D eigenvalue weighted by Crippen LogP contribution is 2.47. The molecule has 1 aliphatic carbocycles. The Labute approximate surface area is 169 Å². The standard InChI is InChI=1S/C22H26FN5O/c1-27-20(29)18-16(13-25-19(18)14-5-3-2-4-6-14)26-21(27)28-9-7-22(8-10-28)12-15(23)11-17(22)24/h2-6,15,17H,7-13,24H2,1H3/t15-,17-/m1/s1. The Bertz CT molecular complexity index is 1020. The van der Waals surface area contributed by atoms with E-state index in [1.54, 1.807) is 11.6 Å². The van der Waals surface area contributed by atoms with Crippen molar-refractivity contribution in [2.24, 2.45) is 23.2 Å². The maximum Gasteiger partial charge on any atom is 0.264 e. The Hall–Kier alpha value is -2.54. The lowest BCUT2D eigenvalue weighted by Crippen LogP contribution is -2.48. The third-order valence-electron chi connectivity index (χ3n) is 6.98.